The van der Waals surface area contributed by atoms with Gasteiger partial charge in [-0.25, -0.2) is 28.1 Å². The summed E-state index contributed by atoms with van der Waals surface area (Å²) in [5, 5.41) is 2.36. The molecular weight excluding hydrogens is 473 g/mol. The topological polar surface area (TPSA) is 84.7 Å². The summed E-state index contributed by atoms with van der Waals surface area (Å²) in [6.07, 6.45) is 3.92. The summed E-state index contributed by atoms with van der Waals surface area (Å²) in [7, 11) is 1.39. The fourth-order valence-electron chi connectivity index (χ4n) is 4.38. The molecule has 1 saturated heterocycles. The number of hydrogen-bond donors (Lipinski definition) is 1. The maximum atomic E-state index is 15.2. The van der Waals surface area contributed by atoms with E-state index in [2.05, 4.69) is 20.3 Å². The normalized spacial score (nSPS) is 15.9. The number of nitrogens with zero attached hydrogens (tertiary/aromatic N) is 5. The van der Waals surface area contributed by atoms with Crippen molar-refractivity contribution in [2.75, 3.05) is 31.6 Å². The zero-order valence-electron chi connectivity index (χ0n) is 19.6. The van der Waals surface area contributed by atoms with Crippen LogP contribution < -0.4 is 10.2 Å². The van der Waals surface area contributed by atoms with Crippen molar-refractivity contribution < 1.29 is 22.7 Å². The van der Waals surface area contributed by atoms with Crippen LogP contribution in [0.15, 0.2) is 42.9 Å². The Hall–Kier alpha value is -3.99. The fraction of sp³-hybridized carbons (Fsp3) is 0.280. The number of fused-ring (bicyclic) bond motifs is 1. The van der Waals surface area contributed by atoms with Crippen LogP contribution >= 0.6 is 0 Å². The lowest BCUT2D eigenvalue weighted by atomic mass is 10.0. The highest BCUT2D eigenvalue weighted by atomic mass is 19.1. The smallest absolute Gasteiger partial charge is 0.251 e. The molecule has 11 heteroatoms. The van der Waals surface area contributed by atoms with Gasteiger partial charge in [-0.2, -0.15) is 0 Å². The number of benzene rings is 1. The number of ether oxygens (including phenoxy) is 1. The van der Waals surface area contributed by atoms with Crippen LogP contribution in [0, 0.1) is 24.4 Å². The summed E-state index contributed by atoms with van der Waals surface area (Å²) in [6.45, 7) is 3.19. The van der Waals surface area contributed by atoms with Gasteiger partial charge < -0.3 is 19.4 Å². The van der Waals surface area contributed by atoms with Gasteiger partial charge in [0.15, 0.2) is 5.82 Å². The SMILES string of the molecule is CNC(=O)c1cc(F)c(-c2nc3cc(C)ccn3c2C[C@H]2CN(c3ncc(F)cn3)CCO2)c(F)c1. The Morgan fingerprint density at radius 2 is 1.89 bits per heavy atom. The molecule has 1 amide bonds. The minimum Gasteiger partial charge on any atom is -0.374 e. The number of aryl methyl sites for hydroxylation is 1. The third kappa shape index (κ3) is 4.49. The van der Waals surface area contributed by atoms with E-state index in [1.54, 1.807) is 10.6 Å². The van der Waals surface area contributed by atoms with Gasteiger partial charge in [-0.15, -0.1) is 0 Å². The number of pyridine rings is 1. The van der Waals surface area contributed by atoms with Crippen molar-refractivity contribution in [2.24, 2.45) is 0 Å². The first kappa shape index (κ1) is 23.7. The molecule has 0 saturated carbocycles. The van der Waals surface area contributed by atoms with Gasteiger partial charge in [0.05, 0.1) is 42.1 Å². The molecule has 3 aromatic heterocycles. The van der Waals surface area contributed by atoms with E-state index in [0.29, 0.717) is 37.0 Å². The zero-order chi connectivity index (χ0) is 25.4. The molecule has 1 aromatic carbocycles. The van der Waals surface area contributed by atoms with Gasteiger partial charge in [0.25, 0.3) is 5.91 Å². The lowest BCUT2D eigenvalue weighted by Gasteiger charge is -2.33. The second-order valence-corrected chi connectivity index (χ2v) is 8.58. The molecular formula is C25H23F3N6O2. The van der Waals surface area contributed by atoms with Crippen molar-refractivity contribution in [3.63, 3.8) is 0 Å². The van der Waals surface area contributed by atoms with Crippen LogP contribution in [0.4, 0.5) is 19.1 Å². The van der Waals surface area contributed by atoms with Gasteiger partial charge in [-0.1, -0.05) is 0 Å². The second-order valence-electron chi connectivity index (χ2n) is 8.58. The maximum absolute atomic E-state index is 15.2. The summed E-state index contributed by atoms with van der Waals surface area (Å²) in [6, 6.07) is 5.70. The van der Waals surface area contributed by atoms with Gasteiger partial charge in [0, 0.05) is 38.3 Å². The molecule has 8 nitrogen and oxygen atoms in total. The molecule has 1 fully saturated rings. The van der Waals surface area contributed by atoms with Gasteiger partial charge in [0.2, 0.25) is 5.95 Å². The van der Waals surface area contributed by atoms with Crippen molar-refractivity contribution >= 4 is 17.5 Å². The van der Waals surface area contributed by atoms with Crippen LogP contribution in [0.2, 0.25) is 0 Å². The zero-order valence-corrected chi connectivity index (χ0v) is 19.6. The quantitative estimate of drug-likeness (QED) is 0.457. The molecule has 4 heterocycles. The van der Waals surface area contributed by atoms with E-state index >= 15 is 8.78 Å². The van der Waals surface area contributed by atoms with Crippen LogP contribution in [-0.4, -0.2) is 58.1 Å². The molecule has 0 unspecified atom stereocenters. The molecule has 1 N–H and O–H groups in total. The number of nitrogens with one attached hydrogen (secondary N) is 1. The Bertz CT molecular complexity index is 1420. The highest BCUT2D eigenvalue weighted by Crippen LogP contribution is 2.32. The lowest BCUT2D eigenvalue weighted by molar-refractivity contribution is 0.0398. The predicted molar refractivity (Wildman–Crippen MR) is 126 cm³/mol. The Morgan fingerprint density at radius 3 is 2.58 bits per heavy atom. The highest BCUT2D eigenvalue weighted by molar-refractivity contribution is 5.94. The summed E-state index contributed by atoms with van der Waals surface area (Å²) >= 11 is 0. The van der Waals surface area contributed by atoms with Crippen LogP contribution in [0.1, 0.15) is 21.6 Å². The summed E-state index contributed by atoms with van der Waals surface area (Å²) in [5.74, 6) is -2.52. The van der Waals surface area contributed by atoms with E-state index in [0.717, 1.165) is 30.1 Å². The lowest BCUT2D eigenvalue weighted by Crippen LogP contribution is -2.44. The van der Waals surface area contributed by atoms with Gasteiger partial charge in [-0.3, -0.25) is 4.79 Å². The van der Waals surface area contributed by atoms with Crippen LogP contribution in [0.25, 0.3) is 16.9 Å². The van der Waals surface area contributed by atoms with Crippen molar-refractivity contribution in [3.05, 3.63) is 77.1 Å². The molecule has 1 atom stereocenters. The molecule has 5 rings (SSSR count). The Morgan fingerprint density at radius 1 is 1.17 bits per heavy atom. The monoisotopic (exact) mass is 496 g/mol. The standard InChI is InChI=1S/C25H23F3N6O2/c1-14-3-4-34-20(10-17-13-33(5-6-36-17)25-30-11-16(26)12-31-25)23(32-21(34)7-14)22-18(27)8-15(9-19(22)28)24(35)29-2/h3-4,7-9,11-12,17H,5-6,10,13H2,1-2H3,(H,29,35)/t17-/m0/s1. The number of imidazole rings is 1. The number of hydrogen-bond acceptors (Lipinski definition) is 6. The van der Waals surface area contributed by atoms with E-state index in [1.807, 2.05) is 24.0 Å². The molecule has 1 aliphatic heterocycles. The van der Waals surface area contributed by atoms with E-state index in [9.17, 15) is 9.18 Å². The first-order valence-corrected chi connectivity index (χ1v) is 11.4. The molecule has 1 aliphatic rings. The molecule has 0 radical (unpaired) electrons. The number of carbonyl (C=O) groups is 1. The summed E-state index contributed by atoms with van der Waals surface area (Å²) in [5.41, 5.74) is 1.73. The highest BCUT2D eigenvalue weighted by Gasteiger charge is 2.28. The van der Waals surface area contributed by atoms with Gasteiger partial charge >= 0.3 is 0 Å². The minimum atomic E-state index is -0.888. The molecule has 4 aromatic rings. The maximum Gasteiger partial charge on any atom is 0.251 e. The fourth-order valence-corrected chi connectivity index (χ4v) is 4.38. The third-order valence-corrected chi connectivity index (χ3v) is 6.10. The number of rotatable bonds is 5. The van der Waals surface area contributed by atoms with E-state index < -0.39 is 23.4 Å². The number of halogens is 3. The van der Waals surface area contributed by atoms with Gasteiger partial charge in [-0.05, 0) is 36.8 Å². The number of carbonyl (C=O) groups excluding carboxylic acids is 1. The molecule has 36 heavy (non-hydrogen) atoms. The number of morpholine rings is 1. The van der Waals surface area contributed by atoms with Crippen molar-refractivity contribution in [1.82, 2.24) is 24.7 Å². The predicted octanol–water partition coefficient (Wildman–Crippen LogP) is 3.32. The number of amides is 1. The first-order valence-electron chi connectivity index (χ1n) is 11.4. The van der Waals surface area contributed by atoms with Crippen LogP contribution in [0.5, 0.6) is 0 Å². The molecule has 0 aliphatic carbocycles. The van der Waals surface area contributed by atoms with E-state index in [-0.39, 0.29) is 29.3 Å². The van der Waals surface area contributed by atoms with Crippen LogP contribution in [-0.2, 0) is 11.2 Å². The first-order chi connectivity index (χ1) is 17.3. The van der Waals surface area contributed by atoms with E-state index in [4.69, 9.17) is 4.74 Å². The summed E-state index contributed by atoms with van der Waals surface area (Å²) in [4.78, 5) is 26.4. The number of anilines is 1. The average molecular weight is 496 g/mol. The van der Waals surface area contributed by atoms with Crippen LogP contribution in [0.3, 0.4) is 0 Å². The Labute approximate surface area is 204 Å². The van der Waals surface area contributed by atoms with Crippen molar-refractivity contribution in [2.45, 2.75) is 19.4 Å². The molecule has 0 bridgehead atoms. The molecule has 0 spiro atoms. The largest absolute Gasteiger partial charge is 0.374 e. The second kappa shape index (κ2) is 9.57. The minimum absolute atomic E-state index is 0.122. The van der Waals surface area contributed by atoms with Crippen molar-refractivity contribution in [3.8, 4) is 11.3 Å². The summed E-state index contributed by atoms with van der Waals surface area (Å²) < 4.78 is 51.4. The van der Waals surface area contributed by atoms with E-state index in [1.165, 1.54) is 7.05 Å². The van der Waals surface area contributed by atoms with Crippen molar-refractivity contribution in [1.29, 1.82) is 0 Å². The third-order valence-electron chi connectivity index (χ3n) is 6.10. The van der Waals surface area contributed by atoms with Gasteiger partial charge in [0.1, 0.15) is 17.3 Å². The Balaban J connectivity index is 1.54. The number of aromatic nitrogens is 4. The Kier molecular flexibility index (Phi) is 6.31. The molecule has 186 valence electrons. The average Bonchev–Trinajstić information content (AvgIpc) is 3.20.